The zero-order valence-corrected chi connectivity index (χ0v) is 20.2. The number of aromatic nitrogens is 2. The molecule has 0 fully saturated rings. The molecule has 1 aromatic carbocycles. The van der Waals surface area contributed by atoms with E-state index in [9.17, 15) is 28.7 Å². The number of Topliss-reactive ketones (excluding diaryl/α,β-unsaturated/α-hetero) is 1. The Hall–Kier alpha value is -3.60. The van der Waals surface area contributed by atoms with Gasteiger partial charge in [-0.3, -0.25) is 23.7 Å². The molecule has 0 spiro atoms. The van der Waals surface area contributed by atoms with Gasteiger partial charge in [0, 0.05) is 27.6 Å². The van der Waals surface area contributed by atoms with Gasteiger partial charge in [-0.1, -0.05) is 19.1 Å². The first-order valence-corrected chi connectivity index (χ1v) is 11.3. The Morgan fingerprint density at radius 1 is 1.14 bits per heavy atom. The average molecular weight is 489 g/mol. The fourth-order valence-electron chi connectivity index (χ4n) is 3.88. The smallest absolute Gasteiger partial charge is 0.312 e. The number of nitrogens with zero attached hydrogens (tertiary/aromatic N) is 4. The third kappa shape index (κ3) is 5.40. The Balaban J connectivity index is 2.02. The maximum atomic E-state index is 13.2. The second-order valence-electron chi connectivity index (χ2n) is 8.62. The lowest BCUT2D eigenvalue weighted by molar-refractivity contribution is -0.151. The molecule has 3 rings (SSSR count). The molecule has 188 valence electrons. The van der Waals surface area contributed by atoms with Crippen LogP contribution in [0.4, 0.5) is 4.39 Å². The van der Waals surface area contributed by atoms with Crippen LogP contribution >= 0.6 is 0 Å². The van der Waals surface area contributed by atoms with Crippen LogP contribution in [0.15, 0.2) is 29.1 Å². The van der Waals surface area contributed by atoms with Crippen molar-refractivity contribution < 1.29 is 28.6 Å². The summed E-state index contributed by atoms with van der Waals surface area (Å²) in [6, 6.07) is 4.22. The molecular formula is C24H29FN4O6. The lowest BCUT2D eigenvalue weighted by Crippen LogP contribution is -2.44. The molecule has 1 aliphatic rings. The van der Waals surface area contributed by atoms with Gasteiger partial charge in [0.15, 0.2) is 11.5 Å². The van der Waals surface area contributed by atoms with Crippen LogP contribution in [0, 0.1) is 5.82 Å². The Labute approximate surface area is 201 Å². The number of hydrogen-bond donors (Lipinski definition) is 1. The Morgan fingerprint density at radius 2 is 1.80 bits per heavy atom. The number of amides is 2. The minimum absolute atomic E-state index is 0.0557. The summed E-state index contributed by atoms with van der Waals surface area (Å²) in [5.41, 5.74) is -0.525. The summed E-state index contributed by atoms with van der Waals surface area (Å²) in [5.74, 6) is -3.31. The lowest BCUT2D eigenvalue weighted by atomic mass is 10.0. The molecule has 2 amide bonds. The third-order valence-corrected chi connectivity index (χ3v) is 6.03. The summed E-state index contributed by atoms with van der Waals surface area (Å²) in [7, 11) is 4.28. The van der Waals surface area contributed by atoms with Crippen LogP contribution in [0.5, 0.6) is 5.75 Å². The monoisotopic (exact) mass is 488 g/mol. The van der Waals surface area contributed by atoms with Gasteiger partial charge in [-0.05, 0) is 30.5 Å². The van der Waals surface area contributed by atoms with Crippen LogP contribution in [0.3, 0.4) is 0 Å². The zero-order valence-electron chi connectivity index (χ0n) is 20.2. The quantitative estimate of drug-likeness (QED) is 0.483. The Kier molecular flexibility index (Phi) is 8.00. The minimum atomic E-state index is -0.945. The van der Waals surface area contributed by atoms with Crippen LogP contribution in [-0.4, -0.2) is 76.4 Å². The van der Waals surface area contributed by atoms with Crippen LogP contribution < -0.4 is 5.56 Å². The van der Waals surface area contributed by atoms with Gasteiger partial charge in [0.1, 0.15) is 17.7 Å². The molecule has 2 atom stereocenters. The van der Waals surface area contributed by atoms with Gasteiger partial charge in [-0.15, -0.1) is 0 Å². The Bertz CT molecular complexity index is 1180. The summed E-state index contributed by atoms with van der Waals surface area (Å²) < 4.78 is 20.1. The van der Waals surface area contributed by atoms with Gasteiger partial charge in [0.05, 0.1) is 19.3 Å². The van der Waals surface area contributed by atoms with Crippen molar-refractivity contribution in [1.29, 1.82) is 0 Å². The largest absolute Gasteiger partial charge is 0.501 e. The van der Waals surface area contributed by atoms with E-state index in [1.165, 1.54) is 37.8 Å². The molecule has 35 heavy (non-hydrogen) atoms. The molecule has 10 nitrogen and oxygen atoms in total. The van der Waals surface area contributed by atoms with E-state index in [1.54, 1.807) is 12.1 Å². The maximum Gasteiger partial charge on any atom is 0.312 e. The molecule has 0 aliphatic carbocycles. The molecule has 2 aromatic rings. The molecule has 0 unspecified atom stereocenters. The van der Waals surface area contributed by atoms with Gasteiger partial charge < -0.3 is 19.6 Å². The van der Waals surface area contributed by atoms with Gasteiger partial charge in [-0.2, -0.15) is 0 Å². The van der Waals surface area contributed by atoms with E-state index in [0.29, 0.717) is 12.0 Å². The SMILES string of the molecule is CC[C@H]1COC[C@@H](N(C)C(=O)C(=O)N(C)C)c2nc(C(=O)CCc3ccc(F)cc3)c(O)c(=O)n21. The van der Waals surface area contributed by atoms with Crippen molar-refractivity contribution in [2.45, 2.75) is 38.3 Å². The number of rotatable bonds is 6. The molecule has 1 aromatic heterocycles. The number of carbonyl (C=O) groups is 3. The number of benzene rings is 1. The molecular weight excluding hydrogens is 459 g/mol. The highest BCUT2D eigenvalue weighted by atomic mass is 19.1. The van der Waals surface area contributed by atoms with E-state index < -0.39 is 52.5 Å². The number of likely N-dealkylation sites (N-methyl/N-ethyl adjacent to an activating group) is 2. The second kappa shape index (κ2) is 10.8. The van der Waals surface area contributed by atoms with E-state index in [4.69, 9.17) is 4.74 Å². The van der Waals surface area contributed by atoms with Crippen LogP contribution in [0.25, 0.3) is 0 Å². The summed E-state index contributed by atoms with van der Waals surface area (Å²) in [4.78, 5) is 57.8. The molecule has 0 bridgehead atoms. The highest BCUT2D eigenvalue weighted by Gasteiger charge is 2.36. The fourth-order valence-corrected chi connectivity index (χ4v) is 3.88. The second-order valence-corrected chi connectivity index (χ2v) is 8.62. The number of ether oxygens (including phenoxy) is 1. The van der Waals surface area contributed by atoms with E-state index in [0.717, 1.165) is 9.80 Å². The highest BCUT2D eigenvalue weighted by molar-refractivity contribution is 6.34. The molecule has 11 heteroatoms. The minimum Gasteiger partial charge on any atom is -0.501 e. The molecule has 0 saturated heterocycles. The van der Waals surface area contributed by atoms with E-state index in [2.05, 4.69) is 4.98 Å². The van der Waals surface area contributed by atoms with E-state index >= 15 is 0 Å². The maximum absolute atomic E-state index is 13.2. The van der Waals surface area contributed by atoms with Crippen LogP contribution in [0.2, 0.25) is 0 Å². The summed E-state index contributed by atoms with van der Waals surface area (Å²) in [6.45, 7) is 1.90. The highest BCUT2D eigenvalue weighted by Crippen LogP contribution is 2.28. The number of carbonyl (C=O) groups excluding carboxylic acids is 3. The summed E-state index contributed by atoms with van der Waals surface area (Å²) in [6.07, 6.45) is 0.632. The van der Waals surface area contributed by atoms with Crippen molar-refractivity contribution >= 4 is 17.6 Å². The molecule has 2 heterocycles. The number of ketones is 1. The number of fused-ring (bicyclic) bond motifs is 1. The van der Waals surface area contributed by atoms with Crippen molar-refractivity contribution in [2.75, 3.05) is 34.4 Å². The summed E-state index contributed by atoms with van der Waals surface area (Å²) >= 11 is 0. The predicted octanol–water partition coefficient (Wildman–Crippen LogP) is 1.47. The summed E-state index contributed by atoms with van der Waals surface area (Å²) in [5, 5.41) is 10.6. The number of halogens is 1. The first-order chi connectivity index (χ1) is 16.6. The average Bonchev–Trinajstić information content (AvgIpc) is 3.03. The van der Waals surface area contributed by atoms with Gasteiger partial charge >= 0.3 is 11.8 Å². The van der Waals surface area contributed by atoms with Gasteiger partial charge in [0.2, 0.25) is 5.75 Å². The topological polar surface area (TPSA) is 122 Å². The Morgan fingerprint density at radius 3 is 2.40 bits per heavy atom. The van der Waals surface area contributed by atoms with Crippen molar-refractivity contribution in [3.63, 3.8) is 0 Å². The molecule has 1 aliphatic heterocycles. The number of hydrogen-bond acceptors (Lipinski definition) is 7. The molecule has 0 saturated carbocycles. The first-order valence-electron chi connectivity index (χ1n) is 11.3. The predicted molar refractivity (Wildman–Crippen MR) is 124 cm³/mol. The lowest BCUT2D eigenvalue weighted by Gasteiger charge is -2.28. The van der Waals surface area contributed by atoms with Gasteiger partial charge in [0.25, 0.3) is 5.56 Å². The van der Waals surface area contributed by atoms with E-state index in [1.807, 2.05) is 6.92 Å². The number of aromatic hydroxyl groups is 1. The van der Waals surface area contributed by atoms with Crippen molar-refractivity contribution in [1.82, 2.24) is 19.4 Å². The standard InChI is InChI=1S/C24H29FN4O6/c1-5-16-12-35-13-17(28(4)24(34)23(33)27(2)3)21-26-19(20(31)22(32)29(16)21)18(30)11-8-14-6-9-15(25)10-7-14/h6-7,9-10,16-17,31H,5,8,11-13H2,1-4H3/t16-,17+/m0/s1. The van der Waals surface area contributed by atoms with Crippen molar-refractivity contribution in [3.05, 3.63) is 57.5 Å². The van der Waals surface area contributed by atoms with E-state index in [-0.39, 0.29) is 31.9 Å². The normalized spacial score (nSPS) is 17.3. The fraction of sp³-hybridized carbons (Fsp3) is 0.458. The first kappa shape index (κ1) is 26.0. The number of aryl methyl sites for hydroxylation is 1. The third-order valence-electron chi connectivity index (χ3n) is 6.03. The van der Waals surface area contributed by atoms with Crippen molar-refractivity contribution in [3.8, 4) is 5.75 Å². The zero-order chi connectivity index (χ0) is 25.9. The van der Waals surface area contributed by atoms with Crippen molar-refractivity contribution in [2.24, 2.45) is 0 Å². The molecule has 0 radical (unpaired) electrons. The van der Waals surface area contributed by atoms with Gasteiger partial charge in [-0.25, -0.2) is 9.37 Å². The van der Waals surface area contributed by atoms with Crippen LogP contribution in [-0.2, 0) is 20.7 Å². The van der Waals surface area contributed by atoms with Crippen LogP contribution in [0.1, 0.15) is 53.7 Å². The molecule has 1 N–H and O–H groups in total.